The molecule has 0 aromatic carbocycles. The summed E-state index contributed by atoms with van der Waals surface area (Å²) in [4.78, 5) is 25.4. The molecule has 102 valence electrons. The minimum Gasteiger partial charge on any atom is -0.351 e. The second-order valence-corrected chi connectivity index (χ2v) is 3.99. The second kappa shape index (κ2) is 6.33. The first-order chi connectivity index (χ1) is 9.20. The molecule has 1 aliphatic heterocycles. The van der Waals surface area contributed by atoms with Crippen molar-refractivity contribution >= 4 is 0 Å². The number of rotatable bonds is 2. The van der Waals surface area contributed by atoms with Gasteiger partial charge in [0.1, 0.15) is 5.56 Å². The maximum absolute atomic E-state index is 11.7. The molecule has 1 aromatic rings. The number of hydrogen-bond donors (Lipinski definition) is 2. The molecule has 0 aliphatic carbocycles. The fourth-order valence-corrected chi connectivity index (χ4v) is 1.68. The van der Waals surface area contributed by atoms with Gasteiger partial charge in [-0.1, -0.05) is 11.8 Å². The van der Waals surface area contributed by atoms with Crippen LogP contribution in [0, 0.1) is 11.8 Å². The first-order valence-corrected chi connectivity index (χ1v) is 5.96. The van der Waals surface area contributed by atoms with Gasteiger partial charge in [0.2, 0.25) is 0 Å². The van der Waals surface area contributed by atoms with Gasteiger partial charge in [0, 0.05) is 6.20 Å². The summed E-state index contributed by atoms with van der Waals surface area (Å²) in [6.45, 7) is 1.56. The van der Waals surface area contributed by atoms with Crippen LogP contribution in [0.4, 0.5) is 0 Å². The number of nitrogens with zero attached hydrogens (tertiary/aromatic N) is 1. The molecule has 7 heteroatoms. The molecule has 0 amide bonds. The lowest BCUT2D eigenvalue weighted by atomic mass is 10.3. The van der Waals surface area contributed by atoms with Gasteiger partial charge >= 0.3 is 5.69 Å². The van der Waals surface area contributed by atoms with Crippen molar-refractivity contribution in [2.45, 2.75) is 19.3 Å². The lowest BCUT2D eigenvalue weighted by molar-refractivity contribution is -0.184. The Morgan fingerprint density at radius 3 is 2.84 bits per heavy atom. The van der Waals surface area contributed by atoms with Gasteiger partial charge in [0.15, 0.2) is 6.29 Å². The molecule has 1 fully saturated rings. The van der Waals surface area contributed by atoms with E-state index in [1.54, 1.807) is 0 Å². The molecule has 0 radical (unpaired) electrons. The van der Waals surface area contributed by atoms with Crippen LogP contribution < -0.4 is 17.0 Å². The number of ether oxygens (including phenoxy) is 2. The van der Waals surface area contributed by atoms with Crippen molar-refractivity contribution < 1.29 is 9.47 Å². The van der Waals surface area contributed by atoms with Crippen molar-refractivity contribution in [2.24, 2.45) is 5.73 Å². The van der Waals surface area contributed by atoms with Crippen LogP contribution in [0.2, 0.25) is 0 Å². The fraction of sp³-hybridized carbons (Fsp3) is 0.500. The van der Waals surface area contributed by atoms with E-state index in [0.717, 1.165) is 6.42 Å². The van der Waals surface area contributed by atoms with Gasteiger partial charge in [-0.25, -0.2) is 4.79 Å². The van der Waals surface area contributed by atoms with Gasteiger partial charge in [-0.3, -0.25) is 14.3 Å². The van der Waals surface area contributed by atoms with Gasteiger partial charge in [-0.05, 0) is 6.42 Å². The van der Waals surface area contributed by atoms with Crippen molar-refractivity contribution in [1.82, 2.24) is 9.55 Å². The summed E-state index contributed by atoms with van der Waals surface area (Å²) < 4.78 is 12.0. The van der Waals surface area contributed by atoms with Gasteiger partial charge in [0.25, 0.3) is 5.56 Å². The zero-order chi connectivity index (χ0) is 13.7. The highest BCUT2D eigenvalue weighted by Gasteiger charge is 2.16. The van der Waals surface area contributed by atoms with Crippen molar-refractivity contribution in [3.05, 3.63) is 32.6 Å². The Labute approximate surface area is 109 Å². The zero-order valence-corrected chi connectivity index (χ0v) is 10.3. The molecule has 2 heterocycles. The van der Waals surface area contributed by atoms with E-state index in [4.69, 9.17) is 15.2 Å². The largest absolute Gasteiger partial charge is 0.351 e. The number of hydrogen-bond acceptors (Lipinski definition) is 5. The van der Waals surface area contributed by atoms with E-state index in [9.17, 15) is 9.59 Å². The molecule has 19 heavy (non-hydrogen) atoms. The molecule has 0 atom stereocenters. The summed E-state index contributed by atoms with van der Waals surface area (Å²) in [5, 5.41) is 0. The van der Waals surface area contributed by atoms with E-state index >= 15 is 0 Å². The smallest absolute Gasteiger partial charge is 0.328 e. The van der Waals surface area contributed by atoms with E-state index in [1.807, 2.05) is 0 Å². The minimum atomic E-state index is -0.521. The Morgan fingerprint density at radius 2 is 2.16 bits per heavy atom. The topological polar surface area (TPSA) is 99.3 Å². The van der Waals surface area contributed by atoms with Crippen LogP contribution in [0.25, 0.3) is 0 Å². The standard InChI is InChI=1S/C12H15N3O4/c13-4-1-3-9-7-15(12(17)14-11(9)16)8-10-18-5-2-6-19-10/h7,10H,2,4-6,8,13H2,(H,14,16,17). The molecule has 2 rings (SSSR count). The Morgan fingerprint density at radius 1 is 1.42 bits per heavy atom. The number of H-pyrrole nitrogens is 1. The van der Waals surface area contributed by atoms with Crippen LogP contribution >= 0.6 is 0 Å². The lowest BCUT2D eigenvalue weighted by Gasteiger charge is -2.23. The molecule has 3 N–H and O–H groups in total. The quantitative estimate of drug-likeness (QED) is 0.641. The van der Waals surface area contributed by atoms with Gasteiger partial charge in [0.05, 0.1) is 26.3 Å². The van der Waals surface area contributed by atoms with Crippen LogP contribution in [0.15, 0.2) is 15.8 Å². The molecular formula is C12H15N3O4. The Balaban J connectivity index is 2.24. The Kier molecular flexibility index (Phi) is 4.52. The summed E-state index contributed by atoms with van der Waals surface area (Å²) in [6.07, 6.45) is 1.75. The molecule has 1 aliphatic rings. The van der Waals surface area contributed by atoms with E-state index in [0.29, 0.717) is 13.2 Å². The second-order valence-electron chi connectivity index (χ2n) is 3.99. The highest BCUT2D eigenvalue weighted by Crippen LogP contribution is 2.06. The average Bonchev–Trinajstić information content (AvgIpc) is 2.42. The van der Waals surface area contributed by atoms with Crippen molar-refractivity contribution in [1.29, 1.82) is 0 Å². The van der Waals surface area contributed by atoms with Crippen molar-refractivity contribution in [3.63, 3.8) is 0 Å². The number of nitrogens with two attached hydrogens (primary N) is 1. The first-order valence-electron chi connectivity index (χ1n) is 5.96. The fourth-order valence-electron chi connectivity index (χ4n) is 1.68. The third-order valence-electron chi connectivity index (χ3n) is 2.58. The third kappa shape index (κ3) is 3.54. The number of aromatic nitrogens is 2. The first kappa shape index (κ1) is 13.5. The number of aromatic amines is 1. The van der Waals surface area contributed by atoms with E-state index in [-0.39, 0.29) is 18.7 Å². The molecule has 0 unspecified atom stereocenters. The van der Waals surface area contributed by atoms with Crippen LogP contribution in [-0.4, -0.2) is 35.6 Å². The molecule has 0 saturated carbocycles. The molecule has 1 aromatic heterocycles. The average molecular weight is 265 g/mol. The summed E-state index contributed by atoms with van der Waals surface area (Å²) in [6, 6.07) is 0. The predicted molar refractivity (Wildman–Crippen MR) is 67.6 cm³/mol. The van der Waals surface area contributed by atoms with E-state index in [1.165, 1.54) is 10.8 Å². The molecule has 7 nitrogen and oxygen atoms in total. The van der Waals surface area contributed by atoms with Crippen LogP contribution in [0.1, 0.15) is 12.0 Å². The normalized spacial score (nSPS) is 15.8. The van der Waals surface area contributed by atoms with Crippen LogP contribution in [-0.2, 0) is 16.0 Å². The molecular weight excluding hydrogens is 250 g/mol. The van der Waals surface area contributed by atoms with E-state index in [2.05, 4.69) is 16.8 Å². The lowest BCUT2D eigenvalue weighted by Crippen LogP contribution is -2.37. The van der Waals surface area contributed by atoms with Gasteiger partial charge < -0.3 is 15.2 Å². The van der Waals surface area contributed by atoms with Crippen molar-refractivity contribution in [2.75, 3.05) is 19.8 Å². The summed E-state index contributed by atoms with van der Waals surface area (Å²) in [5.41, 5.74) is 4.41. The summed E-state index contributed by atoms with van der Waals surface area (Å²) >= 11 is 0. The van der Waals surface area contributed by atoms with Crippen molar-refractivity contribution in [3.8, 4) is 11.8 Å². The minimum absolute atomic E-state index is 0.146. The highest BCUT2D eigenvalue weighted by molar-refractivity contribution is 5.29. The van der Waals surface area contributed by atoms with Crippen LogP contribution in [0.3, 0.4) is 0 Å². The monoisotopic (exact) mass is 265 g/mol. The Bertz CT molecular complexity index is 602. The van der Waals surface area contributed by atoms with E-state index < -0.39 is 17.5 Å². The molecule has 1 saturated heterocycles. The van der Waals surface area contributed by atoms with Gasteiger partial charge in [-0.2, -0.15) is 0 Å². The maximum Gasteiger partial charge on any atom is 0.328 e. The SMILES string of the molecule is NCC#Cc1cn(CC2OCCCO2)c(=O)[nH]c1=O. The zero-order valence-electron chi connectivity index (χ0n) is 10.3. The number of nitrogens with one attached hydrogen (secondary N) is 1. The third-order valence-corrected chi connectivity index (χ3v) is 2.58. The summed E-state index contributed by atoms with van der Waals surface area (Å²) in [5.74, 6) is 5.19. The van der Waals surface area contributed by atoms with Crippen LogP contribution in [0.5, 0.6) is 0 Å². The summed E-state index contributed by atoms with van der Waals surface area (Å²) in [7, 11) is 0. The predicted octanol–water partition coefficient (Wildman–Crippen LogP) is -1.39. The Hall–Kier alpha value is -1.88. The molecule has 0 bridgehead atoms. The van der Waals surface area contributed by atoms with Gasteiger partial charge in [-0.15, -0.1) is 0 Å². The highest BCUT2D eigenvalue weighted by atomic mass is 16.7. The maximum atomic E-state index is 11.7. The molecule has 0 spiro atoms.